The second kappa shape index (κ2) is 4.84. The number of methoxy groups -OCH3 is 1. The van der Waals surface area contributed by atoms with Gasteiger partial charge in [0.2, 0.25) is 0 Å². The van der Waals surface area contributed by atoms with Crippen molar-refractivity contribution in [1.29, 1.82) is 0 Å². The summed E-state index contributed by atoms with van der Waals surface area (Å²) in [5.41, 5.74) is -0.117. The molecular formula is C14H18F2O2. The standard InChI is InChI=1S/C14H18F2O2/c1-4-14(2)9(7-17-3)8-18-13-11(16)6-5-10(15)12(13)14/h5-6,9H,4,7-8H2,1-3H3. The average molecular weight is 256 g/mol. The largest absolute Gasteiger partial charge is 0.490 e. The average Bonchev–Trinajstić information content (AvgIpc) is 2.37. The molecule has 0 saturated heterocycles. The molecule has 0 amide bonds. The third kappa shape index (κ3) is 1.88. The zero-order valence-electron chi connectivity index (χ0n) is 10.9. The molecular weight excluding hydrogens is 238 g/mol. The number of halogens is 2. The fraction of sp³-hybridized carbons (Fsp3) is 0.571. The summed E-state index contributed by atoms with van der Waals surface area (Å²) in [6, 6.07) is 2.28. The molecule has 1 heterocycles. The van der Waals surface area contributed by atoms with Gasteiger partial charge in [0.05, 0.1) is 13.2 Å². The lowest BCUT2D eigenvalue weighted by atomic mass is 9.68. The van der Waals surface area contributed by atoms with Gasteiger partial charge >= 0.3 is 0 Å². The second-order valence-electron chi connectivity index (χ2n) is 4.97. The van der Waals surface area contributed by atoms with Crippen LogP contribution in [0, 0.1) is 17.6 Å². The van der Waals surface area contributed by atoms with Crippen LogP contribution in [0.15, 0.2) is 12.1 Å². The quantitative estimate of drug-likeness (QED) is 0.826. The van der Waals surface area contributed by atoms with Crippen molar-refractivity contribution in [3.63, 3.8) is 0 Å². The monoisotopic (exact) mass is 256 g/mol. The SMILES string of the molecule is CCC1(C)c2c(F)ccc(F)c2OCC1COC. The first-order chi connectivity index (χ1) is 8.54. The molecule has 1 aliphatic rings. The lowest BCUT2D eigenvalue weighted by Crippen LogP contribution is -2.43. The Hall–Kier alpha value is -1.16. The molecule has 0 N–H and O–H groups in total. The smallest absolute Gasteiger partial charge is 0.165 e. The van der Waals surface area contributed by atoms with Crippen LogP contribution in [0.25, 0.3) is 0 Å². The Morgan fingerprint density at radius 1 is 1.39 bits per heavy atom. The summed E-state index contributed by atoms with van der Waals surface area (Å²) in [7, 11) is 1.60. The highest BCUT2D eigenvalue weighted by molar-refractivity contribution is 5.44. The van der Waals surface area contributed by atoms with E-state index in [1.807, 2.05) is 13.8 Å². The Morgan fingerprint density at radius 3 is 2.67 bits per heavy atom. The van der Waals surface area contributed by atoms with E-state index in [2.05, 4.69) is 0 Å². The zero-order valence-corrected chi connectivity index (χ0v) is 10.9. The first-order valence-electron chi connectivity index (χ1n) is 6.14. The number of hydrogen-bond donors (Lipinski definition) is 0. The molecule has 0 aromatic heterocycles. The number of benzene rings is 1. The van der Waals surface area contributed by atoms with Crippen LogP contribution in [-0.2, 0) is 10.2 Å². The van der Waals surface area contributed by atoms with Crippen LogP contribution in [0.4, 0.5) is 8.78 Å². The van der Waals surface area contributed by atoms with E-state index in [1.54, 1.807) is 7.11 Å². The van der Waals surface area contributed by atoms with Crippen molar-refractivity contribution in [1.82, 2.24) is 0 Å². The van der Waals surface area contributed by atoms with Crippen molar-refractivity contribution in [2.24, 2.45) is 5.92 Å². The molecule has 2 nitrogen and oxygen atoms in total. The fourth-order valence-electron chi connectivity index (χ4n) is 2.68. The van der Waals surface area contributed by atoms with Gasteiger partial charge in [-0.25, -0.2) is 8.78 Å². The lowest BCUT2D eigenvalue weighted by Gasteiger charge is -2.42. The van der Waals surface area contributed by atoms with Crippen molar-refractivity contribution in [2.75, 3.05) is 20.3 Å². The van der Waals surface area contributed by atoms with Gasteiger partial charge in [0, 0.05) is 24.0 Å². The Labute approximate surface area is 106 Å². The van der Waals surface area contributed by atoms with Gasteiger partial charge in [-0.15, -0.1) is 0 Å². The van der Waals surface area contributed by atoms with E-state index in [9.17, 15) is 8.78 Å². The highest BCUT2D eigenvalue weighted by atomic mass is 19.1. The summed E-state index contributed by atoms with van der Waals surface area (Å²) in [5, 5.41) is 0. The number of rotatable bonds is 3. The number of ether oxygens (including phenoxy) is 2. The molecule has 2 unspecified atom stereocenters. The minimum Gasteiger partial charge on any atom is -0.490 e. The molecule has 1 aliphatic heterocycles. The molecule has 0 aliphatic carbocycles. The summed E-state index contributed by atoms with van der Waals surface area (Å²) < 4.78 is 38.4. The molecule has 0 fully saturated rings. The van der Waals surface area contributed by atoms with Crippen molar-refractivity contribution in [2.45, 2.75) is 25.7 Å². The molecule has 0 saturated carbocycles. The maximum Gasteiger partial charge on any atom is 0.165 e. The molecule has 0 spiro atoms. The predicted molar refractivity (Wildman–Crippen MR) is 64.9 cm³/mol. The molecule has 1 aromatic carbocycles. The van der Waals surface area contributed by atoms with Crippen LogP contribution in [-0.4, -0.2) is 20.3 Å². The molecule has 0 radical (unpaired) electrons. The minimum absolute atomic E-state index is 0.0244. The zero-order chi connectivity index (χ0) is 13.3. The number of hydrogen-bond acceptors (Lipinski definition) is 2. The van der Waals surface area contributed by atoms with Gasteiger partial charge in [-0.3, -0.25) is 0 Å². The summed E-state index contributed by atoms with van der Waals surface area (Å²) in [6.07, 6.45) is 0.706. The van der Waals surface area contributed by atoms with Gasteiger partial charge in [-0.05, 0) is 18.6 Å². The molecule has 0 bridgehead atoms. The van der Waals surface area contributed by atoms with Gasteiger partial charge in [0.1, 0.15) is 5.82 Å². The normalized spacial score (nSPS) is 26.6. The van der Waals surface area contributed by atoms with E-state index >= 15 is 0 Å². The molecule has 4 heteroatoms. The van der Waals surface area contributed by atoms with E-state index in [-0.39, 0.29) is 11.7 Å². The second-order valence-corrected chi connectivity index (χ2v) is 4.97. The van der Waals surface area contributed by atoms with E-state index in [4.69, 9.17) is 9.47 Å². The Balaban J connectivity index is 2.56. The predicted octanol–water partition coefficient (Wildman–Crippen LogP) is 3.29. The van der Waals surface area contributed by atoms with Gasteiger partial charge in [-0.1, -0.05) is 13.8 Å². The highest BCUT2D eigenvalue weighted by Gasteiger charge is 2.43. The molecule has 1 aromatic rings. The summed E-state index contributed by atoms with van der Waals surface area (Å²) in [6.45, 7) is 4.74. The summed E-state index contributed by atoms with van der Waals surface area (Å²) >= 11 is 0. The molecule has 2 atom stereocenters. The van der Waals surface area contributed by atoms with Crippen molar-refractivity contribution >= 4 is 0 Å². The van der Waals surface area contributed by atoms with Gasteiger partial charge in [0.25, 0.3) is 0 Å². The highest BCUT2D eigenvalue weighted by Crippen LogP contribution is 2.46. The Morgan fingerprint density at radius 2 is 2.06 bits per heavy atom. The topological polar surface area (TPSA) is 18.5 Å². The van der Waals surface area contributed by atoms with Crippen molar-refractivity contribution in [3.8, 4) is 5.75 Å². The summed E-state index contributed by atoms with van der Waals surface area (Å²) in [4.78, 5) is 0. The lowest BCUT2D eigenvalue weighted by molar-refractivity contribution is 0.0492. The van der Waals surface area contributed by atoms with Crippen LogP contribution in [0.3, 0.4) is 0 Å². The van der Waals surface area contributed by atoms with E-state index in [0.717, 1.165) is 6.07 Å². The Bertz CT molecular complexity index is 448. The van der Waals surface area contributed by atoms with Gasteiger partial charge in [-0.2, -0.15) is 0 Å². The van der Waals surface area contributed by atoms with Crippen LogP contribution in [0.2, 0.25) is 0 Å². The fourth-order valence-corrected chi connectivity index (χ4v) is 2.68. The first-order valence-corrected chi connectivity index (χ1v) is 6.14. The van der Waals surface area contributed by atoms with Crippen LogP contribution in [0.1, 0.15) is 25.8 Å². The minimum atomic E-state index is -0.498. The van der Waals surface area contributed by atoms with Gasteiger partial charge < -0.3 is 9.47 Å². The number of fused-ring (bicyclic) bond motifs is 1. The third-order valence-corrected chi connectivity index (χ3v) is 4.06. The van der Waals surface area contributed by atoms with E-state index in [0.29, 0.717) is 25.2 Å². The molecule has 2 rings (SSSR count). The Kier molecular flexibility index (Phi) is 3.57. The first kappa shape index (κ1) is 13.3. The van der Waals surface area contributed by atoms with Gasteiger partial charge in [0.15, 0.2) is 11.6 Å². The molecule has 100 valence electrons. The van der Waals surface area contributed by atoms with E-state index in [1.165, 1.54) is 6.07 Å². The van der Waals surface area contributed by atoms with Crippen LogP contribution >= 0.6 is 0 Å². The van der Waals surface area contributed by atoms with E-state index < -0.39 is 17.0 Å². The molecule has 18 heavy (non-hydrogen) atoms. The third-order valence-electron chi connectivity index (χ3n) is 4.06. The van der Waals surface area contributed by atoms with Crippen molar-refractivity contribution in [3.05, 3.63) is 29.3 Å². The van der Waals surface area contributed by atoms with Crippen LogP contribution in [0.5, 0.6) is 5.75 Å². The maximum absolute atomic E-state index is 14.1. The van der Waals surface area contributed by atoms with Crippen LogP contribution < -0.4 is 4.74 Å². The summed E-state index contributed by atoms with van der Waals surface area (Å²) in [5.74, 6) is -0.818. The maximum atomic E-state index is 14.1. The van der Waals surface area contributed by atoms with Crippen molar-refractivity contribution < 1.29 is 18.3 Å².